The molecular formula is C13H18FN3O3S. The molecule has 0 aromatic heterocycles. The molecule has 2 rings (SSSR count). The number of nitrogens with two attached hydrogens (primary N) is 1. The molecule has 1 aromatic carbocycles. The summed E-state index contributed by atoms with van der Waals surface area (Å²) in [6.45, 7) is 1.98. The van der Waals surface area contributed by atoms with Gasteiger partial charge in [0.2, 0.25) is 15.9 Å². The fourth-order valence-corrected chi connectivity index (χ4v) is 3.96. The average molecular weight is 315 g/mol. The minimum Gasteiger partial charge on any atom is -0.396 e. The third-order valence-electron chi connectivity index (χ3n) is 3.40. The average Bonchev–Trinajstić information content (AvgIpc) is 2.41. The van der Waals surface area contributed by atoms with Crippen LogP contribution in [0.4, 0.5) is 10.1 Å². The van der Waals surface area contributed by atoms with E-state index in [2.05, 4.69) is 5.32 Å². The molecule has 1 aromatic rings. The Morgan fingerprint density at radius 2 is 2.19 bits per heavy atom. The van der Waals surface area contributed by atoms with Gasteiger partial charge in [0.25, 0.3) is 0 Å². The van der Waals surface area contributed by atoms with Gasteiger partial charge in [-0.25, -0.2) is 12.8 Å². The molecule has 1 fully saturated rings. The molecular weight excluding hydrogens is 297 g/mol. The Balaban J connectivity index is 2.22. The van der Waals surface area contributed by atoms with Crippen molar-refractivity contribution >= 4 is 21.6 Å². The molecule has 3 N–H and O–H groups in total. The number of benzene rings is 1. The highest BCUT2D eigenvalue weighted by atomic mass is 32.2. The number of carbonyl (C=O) groups excluding carboxylic acids is 1. The van der Waals surface area contributed by atoms with Crippen molar-refractivity contribution in [1.29, 1.82) is 0 Å². The molecule has 1 saturated heterocycles. The van der Waals surface area contributed by atoms with E-state index in [0.717, 1.165) is 18.6 Å². The number of anilines is 1. The van der Waals surface area contributed by atoms with Gasteiger partial charge in [-0.2, -0.15) is 4.31 Å². The van der Waals surface area contributed by atoms with Crippen LogP contribution in [0.15, 0.2) is 23.1 Å². The predicted octanol–water partition coefficient (Wildman–Crippen LogP) is 0.697. The van der Waals surface area contributed by atoms with Gasteiger partial charge in [0, 0.05) is 26.1 Å². The fraction of sp³-hybridized carbons (Fsp3) is 0.462. The lowest BCUT2D eigenvalue weighted by Gasteiger charge is -2.32. The van der Waals surface area contributed by atoms with E-state index in [-0.39, 0.29) is 29.1 Å². The monoisotopic (exact) mass is 315 g/mol. The van der Waals surface area contributed by atoms with Crippen molar-refractivity contribution in [1.82, 2.24) is 9.62 Å². The van der Waals surface area contributed by atoms with E-state index in [1.54, 1.807) is 0 Å². The van der Waals surface area contributed by atoms with Crippen LogP contribution >= 0.6 is 0 Å². The molecule has 116 valence electrons. The van der Waals surface area contributed by atoms with Crippen LogP contribution in [0, 0.1) is 5.82 Å². The van der Waals surface area contributed by atoms with Crippen LogP contribution in [0.1, 0.15) is 19.8 Å². The summed E-state index contributed by atoms with van der Waals surface area (Å²) in [5.74, 6) is -0.839. The molecule has 1 heterocycles. The zero-order chi connectivity index (χ0) is 15.6. The second kappa shape index (κ2) is 5.98. The first-order valence-electron chi connectivity index (χ1n) is 6.63. The zero-order valence-corrected chi connectivity index (χ0v) is 12.5. The number of rotatable bonds is 3. The van der Waals surface area contributed by atoms with Crippen LogP contribution in [0.25, 0.3) is 0 Å². The number of piperidine rings is 1. The smallest absolute Gasteiger partial charge is 0.243 e. The molecule has 0 spiro atoms. The van der Waals surface area contributed by atoms with Crippen LogP contribution in [-0.2, 0) is 14.8 Å². The van der Waals surface area contributed by atoms with Gasteiger partial charge in [0.05, 0.1) is 10.6 Å². The van der Waals surface area contributed by atoms with Crippen LogP contribution in [-0.4, -0.2) is 37.8 Å². The second-order valence-corrected chi connectivity index (χ2v) is 7.02. The van der Waals surface area contributed by atoms with Gasteiger partial charge in [0.15, 0.2) is 0 Å². The molecule has 1 unspecified atom stereocenters. The number of hydrogen-bond acceptors (Lipinski definition) is 4. The molecule has 0 radical (unpaired) electrons. The van der Waals surface area contributed by atoms with Crippen molar-refractivity contribution in [2.45, 2.75) is 30.7 Å². The highest BCUT2D eigenvalue weighted by molar-refractivity contribution is 7.89. The molecule has 0 bridgehead atoms. The van der Waals surface area contributed by atoms with Crippen molar-refractivity contribution < 1.29 is 17.6 Å². The molecule has 1 aliphatic rings. The summed E-state index contributed by atoms with van der Waals surface area (Å²) >= 11 is 0. The maximum Gasteiger partial charge on any atom is 0.243 e. The number of nitrogens with one attached hydrogen (secondary N) is 1. The number of amides is 1. The lowest BCUT2D eigenvalue weighted by atomic mass is 10.1. The van der Waals surface area contributed by atoms with Gasteiger partial charge in [-0.3, -0.25) is 4.79 Å². The first-order chi connectivity index (χ1) is 9.80. The standard InChI is InChI=1S/C13H18FN3O3S/c1-9(18)16-10-3-2-6-17(8-10)21(19,20)11-4-5-12(14)13(15)7-11/h4-5,7,10H,2-3,6,8,15H2,1H3,(H,16,18). The summed E-state index contributed by atoms with van der Waals surface area (Å²) in [5.41, 5.74) is 5.22. The number of nitrogen functional groups attached to an aromatic ring is 1. The van der Waals surface area contributed by atoms with Gasteiger partial charge < -0.3 is 11.1 Å². The van der Waals surface area contributed by atoms with E-state index in [1.807, 2.05) is 0 Å². The molecule has 8 heteroatoms. The number of sulfonamides is 1. The third kappa shape index (κ3) is 3.51. The Morgan fingerprint density at radius 1 is 1.48 bits per heavy atom. The van der Waals surface area contributed by atoms with Crippen molar-refractivity contribution in [2.24, 2.45) is 0 Å². The Bertz CT molecular complexity index is 648. The largest absolute Gasteiger partial charge is 0.396 e. The minimum absolute atomic E-state index is 0.0372. The molecule has 1 amide bonds. The van der Waals surface area contributed by atoms with E-state index in [0.29, 0.717) is 13.0 Å². The van der Waals surface area contributed by atoms with Gasteiger partial charge >= 0.3 is 0 Å². The number of halogens is 1. The van der Waals surface area contributed by atoms with E-state index in [4.69, 9.17) is 5.73 Å². The number of hydrogen-bond donors (Lipinski definition) is 2. The summed E-state index contributed by atoms with van der Waals surface area (Å²) in [5, 5.41) is 2.73. The molecule has 1 aliphatic heterocycles. The highest BCUT2D eigenvalue weighted by Gasteiger charge is 2.30. The zero-order valence-electron chi connectivity index (χ0n) is 11.7. The molecule has 1 atom stereocenters. The van der Waals surface area contributed by atoms with Gasteiger partial charge in [-0.15, -0.1) is 0 Å². The van der Waals surface area contributed by atoms with Gasteiger partial charge in [0.1, 0.15) is 5.82 Å². The fourth-order valence-electron chi connectivity index (χ4n) is 2.40. The van der Waals surface area contributed by atoms with E-state index in [1.165, 1.54) is 17.3 Å². The molecule has 6 nitrogen and oxygen atoms in total. The number of carbonyl (C=O) groups is 1. The SMILES string of the molecule is CC(=O)NC1CCCN(S(=O)(=O)c2ccc(F)c(N)c2)C1. The van der Waals surface area contributed by atoms with Crippen molar-refractivity contribution in [2.75, 3.05) is 18.8 Å². The Hall–Kier alpha value is -1.67. The highest BCUT2D eigenvalue weighted by Crippen LogP contribution is 2.23. The van der Waals surface area contributed by atoms with Crippen molar-refractivity contribution in [3.8, 4) is 0 Å². The van der Waals surface area contributed by atoms with Crippen molar-refractivity contribution in [3.63, 3.8) is 0 Å². The van der Waals surface area contributed by atoms with Gasteiger partial charge in [-0.05, 0) is 31.0 Å². The summed E-state index contributed by atoms with van der Waals surface area (Å²) < 4.78 is 39.5. The van der Waals surface area contributed by atoms with Crippen molar-refractivity contribution in [3.05, 3.63) is 24.0 Å². The molecule has 0 aliphatic carbocycles. The third-order valence-corrected chi connectivity index (χ3v) is 5.26. The maximum absolute atomic E-state index is 13.2. The summed E-state index contributed by atoms with van der Waals surface area (Å²) in [7, 11) is -3.73. The lowest BCUT2D eigenvalue weighted by Crippen LogP contribution is -2.49. The minimum atomic E-state index is -3.73. The van der Waals surface area contributed by atoms with E-state index >= 15 is 0 Å². The Labute approximate surface area is 123 Å². The lowest BCUT2D eigenvalue weighted by molar-refractivity contribution is -0.119. The Morgan fingerprint density at radius 3 is 2.81 bits per heavy atom. The summed E-state index contributed by atoms with van der Waals surface area (Å²) in [4.78, 5) is 11.0. The van der Waals surface area contributed by atoms with Gasteiger partial charge in [-0.1, -0.05) is 0 Å². The quantitative estimate of drug-likeness (QED) is 0.803. The second-order valence-electron chi connectivity index (χ2n) is 5.09. The van der Waals surface area contributed by atoms with Crippen LogP contribution in [0.2, 0.25) is 0 Å². The van der Waals surface area contributed by atoms with Crippen LogP contribution in [0.3, 0.4) is 0 Å². The van der Waals surface area contributed by atoms with Crippen LogP contribution in [0.5, 0.6) is 0 Å². The maximum atomic E-state index is 13.2. The normalized spacial score (nSPS) is 20.2. The van der Waals surface area contributed by atoms with Crippen LogP contribution < -0.4 is 11.1 Å². The van der Waals surface area contributed by atoms with E-state index in [9.17, 15) is 17.6 Å². The summed E-state index contributed by atoms with van der Waals surface area (Å²) in [6.07, 6.45) is 1.39. The summed E-state index contributed by atoms with van der Waals surface area (Å²) in [6, 6.07) is 3.15. The molecule has 21 heavy (non-hydrogen) atoms. The number of nitrogens with zero attached hydrogens (tertiary/aromatic N) is 1. The van der Waals surface area contributed by atoms with E-state index < -0.39 is 15.8 Å². The molecule has 0 saturated carbocycles. The predicted molar refractivity (Wildman–Crippen MR) is 76.4 cm³/mol. The topological polar surface area (TPSA) is 92.5 Å². The first kappa shape index (κ1) is 15.7. The first-order valence-corrected chi connectivity index (χ1v) is 8.07. The Kier molecular flexibility index (Phi) is 4.48.